The molecule has 3 rings (SSSR count). The Hall–Kier alpha value is -3.42. The summed E-state index contributed by atoms with van der Waals surface area (Å²) in [4.78, 5) is 24.0. The Morgan fingerprint density at radius 1 is 1.00 bits per heavy atom. The van der Waals surface area contributed by atoms with Gasteiger partial charge in [0.2, 0.25) is 17.8 Å². The van der Waals surface area contributed by atoms with E-state index in [9.17, 15) is 9.59 Å². The molecule has 2 aromatic heterocycles. The lowest BCUT2D eigenvalue weighted by molar-refractivity contribution is -0.121. The Kier molecular flexibility index (Phi) is 5.43. The van der Waals surface area contributed by atoms with E-state index in [0.29, 0.717) is 23.9 Å². The van der Waals surface area contributed by atoms with Gasteiger partial charge in [-0.2, -0.15) is 0 Å². The standard InChI is InChI=1S/C18H19N5O3/c1-2-26-14-8-6-13(7-9-14)19-16(24)10-11-17(25)20-18-22-21-15-5-3-4-12-23(15)18/h3-9,12H,2,10-11H2,1H3,(H,19,24)(H,20,22,25). The molecule has 2 N–H and O–H groups in total. The lowest BCUT2D eigenvalue weighted by Gasteiger charge is -2.07. The minimum Gasteiger partial charge on any atom is -0.494 e. The van der Waals surface area contributed by atoms with Crippen LogP contribution in [0, 0.1) is 0 Å². The van der Waals surface area contributed by atoms with Crippen LogP contribution >= 0.6 is 0 Å². The summed E-state index contributed by atoms with van der Waals surface area (Å²) in [6.45, 7) is 2.49. The molecule has 2 amide bonds. The molecule has 2 heterocycles. The molecular formula is C18H19N5O3. The normalized spacial score (nSPS) is 10.5. The number of rotatable bonds is 7. The minimum atomic E-state index is -0.301. The molecule has 0 unspecified atom stereocenters. The van der Waals surface area contributed by atoms with Gasteiger partial charge in [0, 0.05) is 24.7 Å². The van der Waals surface area contributed by atoms with Crippen molar-refractivity contribution >= 4 is 29.1 Å². The van der Waals surface area contributed by atoms with Gasteiger partial charge >= 0.3 is 0 Å². The van der Waals surface area contributed by atoms with E-state index < -0.39 is 0 Å². The van der Waals surface area contributed by atoms with Crippen molar-refractivity contribution in [1.82, 2.24) is 14.6 Å². The van der Waals surface area contributed by atoms with Crippen LogP contribution in [0.2, 0.25) is 0 Å². The van der Waals surface area contributed by atoms with Gasteiger partial charge in [-0.3, -0.25) is 19.3 Å². The highest BCUT2D eigenvalue weighted by molar-refractivity contribution is 5.96. The summed E-state index contributed by atoms with van der Waals surface area (Å²) in [5, 5.41) is 13.3. The summed E-state index contributed by atoms with van der Waals surface area (Å²) < 4.78 is 7.01. The van der Waals surface area contributed by atoms with E-state index in [0.717, 1.165) is 5.75 Å². The number of anilines is 2. The first-order valence-electron chi connectivity index (χ1n) is 8.28. The molecule has 8 heteroatoms. The number of nitrogens with one attached hydrogen (secondary N) is 2. The fourth-order valence-electron chi connectivity index (χ4n) is 2.37. The van der Waals surface area contributed by atoms with Crippen molar-refractivity contribution in [3.05, 3.63) is 48.7 Å². The fraction of sp³-hybridized carbons (Fsp3) is 0.222. The van der Waals surface area contributed by atoms with E-state index in [-0.39, 0.29) is 24.7 Å². The first-order chi connectivity index (χ1) is 12.7. The van der Waals surface area contributed by atoms with Gasteiger partial charge in [-0.25, -0.2) is 0 Å². The molecule has 0 saturated carbocycles. The fourth-order valence-corrected chi connectivity index (χ4v) is 2.37. The maximum atomic E-state index is 12.0. The van der Waals surface area contributed by atoms with Gasteiger partial charge in [-0.1, -0.05) is 6.07 Å². The predicted molar refractivity (Wildman–Crippen MR) is 97.1 cm³/mol. The first-order valence-corrected chi connectivity index (χ1v) is 8.28. The third-order valence-electron chi connectivity index (χ3n) is 3.59. The Balaban J connectivity index is 1.48. The maximum Gasteiger partial charge on any atom is 0.235 e. The van der Waals surface area contributed by atoms with Gasteiger partial charge < -0.3 is 10.1 Å². The molecule has 0 spiro atoms. The molecule has 0 radical (unpaired) electrons. The molecule has 0 aliphatic heterocycles. The number of hydrogen-bond donors (Lipinski definition) is 2. The third-order valence-corrected chi connectivity index (χ3v) is 3.59. The summed E-state index contributed by atoms with van der Waals surface area (Å²) in [5.74, 6) is 0.531. The van der Waals surface area contributed by atoms with Crippen LogP contribution in [0.15, 0.2) is 48.7 Å². The molecule has 134 valence electrons. The van der Waals surface area contributed by atoms with Crippen LogP contribution in [-0.2, 0) is 9.59 Å². The quantitative estimate of drug-likeness (QED) is 0.680. The van der Waals surface area contributed by atoms with Gasteiger partial charge in [0.15, 0.2) is 5.65 Å². The number of amides is 2. The van der Waals surface area contributed by atoms with Crippen LogP contribution in [0.3, 0.4) is 0 Å². The average molecular weight is 353 g/mol. The average Bonchev–Trinajstić information content (AvgIpc) is 3.05. The number of hydrogen-bond acceptors (Lipinski definition) is 5. The highest BCUT2D eigenvalue weighted by Crippen LogP contribution is 2.16. The highest BCUT2D eigenvalue weighted by atomic mass is 16.5. The number of carbonyl (C=O) groups is 2. The van der Waals surface area contributed by atoms with E-state index in [1.165, 1.54) is 0 Å². The number of ether oxygens (including phenoxy) is 1. The lowest BCUT2D eigenvalue weighted by atomic mass is 10.2. The monoisotopic (exact) mass is 353 g/mol. The number of fused-ring (bicyclic) bond motifs is 1. The van der Waals surface area contributed by atoms with E-state index >= 15 is 0 Å². The molecule has 3 aromatic rings. The van der Waals surface area contributed by atoms with Crippen LogP contribution in [-0.4, -0.2) is 33.0 Å². The summed E-state index contributed by atoms with van der Waals surface area (Å²) in [6, 6.07) is 12.5. The number of pyridine rings is 1. The Morgan fingerprint density at radius 2 is 1.73 bits per heavy atom. The first kappa shape index (κ1) is 17.4. The highest BCUT2D eigenvalue weighted by Gasteiger charge is 2.11. The van der Waals surface area contributed by atoms with Crippen molar-refractivity contribution in [3.63, 3.8) is 0 Å². The molecule has 0 fully saturated rings. The SMILES string of the molecule is CCOc1ccc(NC(=O)CCC(=O)Nc2nnc3ccccn23)cc1. The smallest absolute Gasteiger partial charge is 0.235 e. The molecule has 1 aromatic carbocycles. The Morgan fingerprint density at radius 3 is 2.46 bits per heavy atom. The topological polar surface area (TPSA) is 97.6 Å². The Bertz CT molecular complexity index is 905. The molecule has 8 nitrogen and oxygen atoms in total. The van der Waals surface area contributed by atoms with Crippen LogP contribution in [0.5, 0.6) is 5.75 Å². The van der Waals surface area contributed by atoms with Gasteiger partial charge in [-0.15, -0.1) is 10.2 Å². The summed E-state index contributed by atoms with van der Waals surface area (Å²) in [7, 11) is 0. The van der Waals surface area contributed by atoms with E-state index in [1.54, 1.807) is 40.9 Å². The molecule has 26 heavy (non-hydrogen) atoms. The van der Waals surface area contributed by atoms with Crippen molar-refractivity contribution in [2.24, 2.45) is 0 Å². The number of aromatic nitrogens is 3. The zero-order valence-corrected chi connectivity index (χ0v) is 14.3. The molecule has 0 aliphatic carbocycles. The van der Waals surface area contributed by atoms with Gasteiger partial charge in [-0.05, 0) is 43.3 Å². The molecular weight excluding hydrogens is 334 g/mol. The second kappa shape index (κ2) is 8.11. The van der Waals surface area contributed by atoms with Crippen LogP contribution in [0.4, 0.5) is 11.6 Å². The van der Waals surface area contributed by atoms with E-state index in [4.69, 9.17) is 4.74 Å². The summed E-state index contributed by atoms with van der Waals surface area (Å²) in [6.07, 6.45) is 1.87. The maximum absolute atomic E-state index is 12.0. The van der Waals surface area contributed by atoms with Crippen LogP contribution in [0.1, 0.15) is 19.8 Å². The van der Waals surface area contributed by atoms with Crippen LogP contribution < -0.4 is 15.4 Å². The molecule has 0 atom stereocenters. The van der Waals surface area contributed by atoms with Crippen molar-refractivity contribution < 1.29 is 14.3 Å². The largest absolute Gasteiger partial charge is 0.494 e. The van der Waals surface area contributed by atoms with Crippen LogP contribution in [0.25, 0.3) is 5.65 Å². The minimum absolute atomic E-state index is 0.0462. The number of nitrogens with zero attached hydrogens (tertiary/aromatic N) is 3. The van der Waals surface area contributed by atoms with Gasteiger partial charge in [0.25, 0.3) is 0 Å². The van der Waals surface area contributed by atoms with Gasteiger partial charge in [0.1, 0.15) is 5.75 Å². The van der Waals surface area contributed by atoms with Crippen molar-refractivity contribution in [3.8, 4) is 5.75 Å². The molecule has 0 saturated heterocycles. The second-order valence-corrected chi connectivity index (χ2v) is 5.51. The van der Waals surface area contributed by atoms with Crippen molar-refractivity contribution in [2.45, 2.75) is 19.8 Å². The summed E-state index contributed by atoms with van der Waals surface area (Å²) >= 11 is 0. The zero-order valence-electron chi connectivity index (χ0n) is 14.3. The predicted octanol–water partition coefficient (Wildman–Crippen LogP) is 2.49. The zero-order chi connectivity index (χ0) is 18.4. The van der Waals surface area contributed by atoms with Crippen molar-refractivity contribution in [1.29, 1.82) is 0 Å². The summed E-state index contributed by atoms with van der Waals surface area (Å²) in [5.41, 5.74) is 1.29. The van der Waals surface area contributed by atoms with Gasteiger partial charge in [0.05, 0.1) is 6.61 Å². The second-order valence-electron chi connectivity index (χ2n) is 5.51. The lowest BCUT2D eigenvalue weighted by Crippen LogP contribution is -2.18. The van der Waals surface area contributed by atoms with Crippen molar-refractivity contribution in [2.75, 3.05) is 17.2 Å². The third kappa shape index (κ3) is 4.35. The Labute approximate surface area is 150 Å². The van der Waals surface area contributed by atoms with E-state index in [1.807, 2.05) is 19.1 Å². The number of benzene rings is 1. The van der Waals surface area contributed by atoms with E-state index in [2.05, 4.69) is 20.8 Å². The molecule has 0 bridgehead atoms. The molecule has 0 aliphatic rings. The number of carbonyl (C=O) groups excluding carboxylic acids is 2.